The van der Waals surface area contributed by atoms with Crippen LogP contribution in [0, 0.1) is 18.3 Å². The zero-order chi connectivity index (χ0) is 13.2. The Morgan fingerprint density at radius 1 is 1.39 bits per heavy atom. The summed E-state index contributed by atoms with van der Waals surface area (Å²) in [6, 6.07) is 7.95. The van der Waals surface area contributed by atoms with Crippen molar-refractivity contribution in [2.24, 2.45) is 0 Å². The molecule has 0 saturated heterocycles. The van der Waals surface area contributed by atoms with E-state index in [0.717, 1.165) is 42.1 Å². The predicted molar refractivity (Wildman–Crippen MR) is 76.6 cm³/mol. The van der Waals surface area contributed by atoms with E-state index in [1.54, 1.807) is 0 Å². The quantitative estimate of drug-likeness (QED) is 0.706. The second-order valence-electron chi connectivity index (χ2n) is 4.12. The highest BCUT2D eigenvalue weighted by atomic mass is 32.2. The van der Waals surface area contributed by atoms with Crippen LogP contribution in [0.25, 0.3) is 0 Å². The number of aliphatic hydroxyl groups is 1. The fourth-order valence-corrected chi connectivity index (χ4v) is 2.43. The standard InChI is InChI=1S/C14H20N2OS/c1-12-9-13(10-15)3-4-14(12)11-16-5-8-18-7-2-6-17/h3-4,9,16-17H,2,5-8,11H2,1H3. The molecule has 0 fully saturated rings. The highest BCUT2D eigenvalue weighted by Gasteiger charge is 1.99. The molecular formula is C14H20N2OS. The van der Waals surface area contributed by atoms with Crippen molar-refractivity contribution in [1.29, 1.82) is 5.26 Å². The van der Waals surface area contributed by atoms with E-state index in [0.29, 0.717) is 0 Å². The lowest BCUT2D eigenvalue weighted by molar-refractivity contribution is 0.296. The first-order valence-corrected chi connectivity index (χ1v) is 7.32. The number of aliphatic hydroxyl groups excluding tert-OH is 1. The van der Waals surface area contributed by atoms with Crippen molar-refractivity contribution >= 4 is 11.8 Å². The van der Waals surface area contributed by atoms with Crippen molar-refractivity contribution in [2.45, 2.75) is 19.9 Å². The molecule has 0 spiro atoms. The Labute approximate surface area is 113 Å². The fraction of sp³-hybridized carbons (Fsp3) is 0.500. The number of hydrogen-bond acceptors (Lipinski definition) is 4. The van der Waals surface area contributed by atoms with Gasteiger partial charge in [-0.1, -0.05) is 6.07 Å². The lowest BCUT2D eigenvalue weighted by atomic mass is 10.1. The average molecular weight is 264 g/mol. The Kier molecular flexibility index (Phi) is 7.51. The summed E-state index contributed by atoms with van der Waals surface area (Å²) in [6.07, 6.45) is 0.874. The third kappa shape index (κ3) is 5.54. The van der Waals surface area contributed by atoms with Crippen molar-refractivity contribution in [1.82, 2.24) is 5.32 Å². The van der Waals surface area contributed by atoms with Crippen molar-refractivity contribution in [3.8, 4) is 6.07 Å². The molecule has 0 bridgehead atoms. The molecule has 4 heteroatoms. The minimum atomic E-state index is 0.283. The summed E-state index contributed by atoms with van der Waals surface area (Å²) in [4.78, 5) is 0. The van der Waals surface area contributed by atoms with E-state index in [4.69, 9.17) is 10.4 Å². The van der Waals surface area contributed by atoms with Crippen LogP contribution in [0.2, 0.25) is 0 Å². The largest absolute Gasteiger partial charge is 0.396 e. The maximum atomic E-state index is 8.78. The summed E-state index contributed by atoms with van der Waals surface area (Å²) < 4.78 is 0. The third-order valence-corrected chi connectivity index (χ3v) is 3.73. The number of rotatable bonds is 8. The average Bonchev–Trinajstić information content (AvgIpc) is 2.39. The summed E-state index contributed by atoms with van der Waals surface area (Å²) in [5, 5.41) is 20.8. The van der Waals surface area contributed by atoms with Crippen LogP contribution in [0.15, 0.2) is 18.2 Å². The molecule has 0 aliphatic rings. The molecule has 0 aliphatic carbocycles. The lowest BCUT2D eigenvalue weighted by Crippen LogP contribution is -2.17. The number of nitrogens with zero attached hydrogens (tertiary/aromatic N) is 1. The molecule has 0 aromatic heterocycles. The predicted octanol–water partition coefficient (Wildman–Crippen LogP) is 2.07. The molecule has 1 aromatic rings. The van der Waals surface area contributed by atoms with E-state index >= 15 is 0 Å². The van der Waals surface area contributed by atoms with Crippen LogP contribution in [0.1, 0.15) is 23.1 Å². The van der Waals surface area contributed by atoms with Crippen molar-refractivity contribution in [3.05, 3.63) is 34.9 Å². The Balaban J connectivity index is 2.21. The molecule has 0 atom stereocenters. The van der Waals surface area contributed by atoms with E-state index in [1.165, 1.54) is 5.56 Å². The number of thioether (sulfide) groups is 1. The first-order chi connectivity index (χ1) is 8.77. The van der Waals surface area contributed by atoms with E-state index < -0.39 is 0 Å². The van der Waals surface area contributed by atoms with Gasteiger partial charge in [-0.25, -0.2) is 0 Å². The van der Waals surface area contributed by atoms with Gasteiger partial charge in [-0.3, -0.25) is 0 Å². The van der Waals surface area contributed by atoms with Gasteiger partial charge < -0.3 is 10.4 Å². The van der Waals surface area contributed by atoms with E-state index in [1.807, 2.05) is 36.9 Å². The zero-order valence-corrected chi connectivity index (χ0v) is 11.6. The third-order valence-electron chi connectivity index (χ3n) is 2.66. The van der Waals surface area contributed by atoms with Crippen LogP contribution >= 0.6 is 11.8 Å². The van der Waals surface area contributed by atoms with Gasteiger partial charge >= 0.3 is 0 Å². The van der Waals surface area contributed by atoms with Crippen LogP contribution < -0.4 is 5.32 Å². The van der Waals surface area contributed by atoms with Crippen molar-refractivity contribution in [3.63, 3.8) is 0 Å². The van der Waals surface area contributed by atoms with E-state index in [2.05, 4.69) is 11.4 Å². The van der Waals surface area contributed by atoms with Gasteiger partial charge in [0, 0.05) is 25.4 Å². The minimum Gasteiger partial charge on any atom is -0.396 e. The Hall–Kier alpha value is -1.02. The van der Waals surface area contributed by atoms with Gasteiger partial charge in [0.05, 0.1) is 11.6 Å². The number of aryl methyl sites for hydroxylation is 1. The second-order valence-corrected chi connectivity index (χ2v) is 5.34. The molecule has 3 nitrogen and oxygen atoms in total. The molecular weight excluding hydrogens is 244 g/mol. The van der Waals surface area contributed by atoms with Gasteiger partial charge in [0.15, 0.2) is 0 Å². The SMILES string of the molecule is Cc1cc(C#N)ccc1CNCCSCCCO. The molecule has 0 heterocycles. The monoisotopic (exact) mass is 264 g/mol. The Morgan fingerprint density at radius 2 is 2.22 bits per heavy atom. The number of nitriles is 1. The molecule has 98 valence electrons. The summed E-state index contributed by atoms with van der Waals surface area (Å²) in [6.45, 7) is 4.13. The first-order valence-electron chi connectivity index (χ1n) is 6.17. The highest BCUT2D eigenvalue weighted by molar-refractivity contribution is 7.99. The molecule has 2 N–H and O–H groups in total. The first kappa shape index (κ1) is 15.0. The molecule has 0 amide bonds. The van der Waals surface area contributed by atoms with Crippen molar-refractivity contribution < 1.29 is 5.11 Å². The number of nitrogens with one attached hydrogen (secondary N) is 1. The minimum absolute atomic E-state index is 0.283. The molecule has 18 heavy (non-hydrogen) atoms. The van der Waals surface area contributed by atoms with Crippen molar-refractivity contribution in [2.75, 3.05) is 24.7 Å². The second kappa shape index (κ2) is 8.98. The lowest BCUT2D eigenvalue weighted by Gasteiger charge is -2.08. The maximum absolute atomic E-state index is 8.78. The fourth-order valence-electron chi connectivity index (χ4n) is 1.60. The molecule has 0 radical (unpaired) electrons. The van der Waals surface area contributed by atoms with Crippen LogP contribution in [0.5, 0.6) is 0 Å². The highest BCUT2D eigenvalue weighted by Crippen LogP contribution is 2.10. The normalized spacial score (nSPS) is 10.3. The maximum Gasteiger partial charge on any atom is 0.0991 e. The van der Waals surface area contributed by atoms with Gasteiger partial charge in [0.1, 0.15) is 0 Å². The van der Waals surface area contributed by atoms with Crippen LogP contribution in [0.3, 0.4) is 0 Å². The molecule has 1 aromatic carbocycles. The smallest absolute Gasteiger partial charge is 0.0991 e. The number of hydrogen-bond donors (Lipinski definition) is 2. The van der Waals surface area contributed by atoms with E-state index in [-0.39, 0.29) is 6.61 Å². The summed E-state index contributed by atoms with van der Waals surface area (Å²) >= 11 is 1.86. The van der Waals surface area contributed by atoms with Gasteiger partial charge in [0.25, 0.3) is 0 Å². The Bertz CT molecular complexity index is 401. The molecule has 0 unspecified atom stereocenters. The van der Waals surface area contributed by atoms with Crippen LogP contribution in [0.4, 0.5) is 0 Å². The molecule has 1 rings (SSSR count). The molecule has 0 aliphatic heterocycles. The van der Waals surface area contributed by atoms with E-state index in [9.17, 15) is 0 Å². The van der Waals surface area contributed by atoms with Gasteiger partial charge in [-0.2, -0.15) is 17.0 Å². The van der Waals surface area contributed by atoms with Crippen LogP contribution in [-0.2, 0) is 6.54 Å². The Morgan fingerprint density at radius 3 is 2.89 bits per heavy atom. The van der Waals surface area contributed by atoms with Crippen LogP contribution in [-0.4, -0.2) is 29.8 Å². The molecule has 0 saturated carbocycles. The van der Waals surface area contributed by atoms with Gasteiger partial charge in [-0.05, 0) is 42.4 Å². The summed E-state index contributed by atoms with van der Waals surface area (Å²) in [5.74, 6) is 2.09. The van der Waals surface area contributed by atoms with Gasteiger partial charge in [-0.15, -0.1) is 0 Å². The number of benzene rings is 1. The zero-order valence-electron chi connectivity index (χ0n) is 10.8. The topological polar surface area (TPSA) is 56.0 Å². The summed E-state index contributed by atoms with van der Waals surface area (Å²) in [7, 11) is 0. The summed E-state index contributed by atoms with van der Waals surface area (Å²) in [5.41, 5.74) is 3.12. The van der Waals surface area contributed by atoms with Gasteiger partial charge in [0.2, 0.25) is 0 Å².